The molecular weight excluding hydrogens is 272 g/mol. The SMILES string of the molecule is CC1CS(=O)(=O)CCN1c1c(Cl)cccc1CN. The van der Waals surface area contributed by atoms with Gasteiger partial charge in [0.2, 0.25) is 0 Å². The molecule has 0 saturated carbocycles. The molecule has 1 unspecified atom stereocenters. The normalized spacial score (nSPS) is 23.1. The maximum Gasteiger partial charge on any atom is 0.154 e. The van der Waals surface area contributed by atoms with Gasteiger partial charge in [0.1, 0.15) is 0 Å². The van der Waals surface area contributed by atoms with Gasteiger partial charge >= 0.3 is 0 Å². The van der Waals surface area contributed by atoms with Crippen LogP contribution in [0.4, 0.5) is 5.69 Å². The Labute approximate surface area is 113 Å². The number of anilines is 1. The molecule has 0 aromatic heterocycles. The zero-order valence-corrected chi connectivity index (χ0v) is 11.8. The summed E-state index contributed by atoms with van der Waals surface area (Å²) < 4.78 is 23.2. The van der Waals surface area contributed by atoms with Gasteiger partial charge in [-0.25, -0.2) is 8.42 Å². The number of sulfone groups is 1. The summed E-state index contributed by atoms with van der Waals surface area (Å²) in [7, 11) is -2.92. The van der Waals surface area contributed by atoms with Gasteiger partial charge in [0.15, 0.2) is 9.84 Å². The Bertz CT molecular complexity index is 545. The highest BCUT2D eigenvalue weighted by Crippen LogP contribution is 2.32. The number of hydrogen-bond donors (Lipinski definition) is 1. The van der Waals surface area contributed by atoms with Crippen molar-refractivity contribution in [2.24, 2.45) is 5.73 Å². The zero-order chi connectivity index (χ0) is 13.3. The number of benzene rings is 1. The van der Waals surface area contributed by atoms with Gasteiger partial charge in [-0.3, -0.25) is 0 Å². The van der Waals surface area contributed by atoms with Crippen molar-refractivity contribution in [3.8, 4) is 0 Å². The minimum atomic E-state index is -2.92. The maximum absolute atomic E-state index is 11.6. The molecule has 2 rings (SSSR count). The van der Waals surface area contributed by atoms with Crippen molar-refractivity contribution >= 4 is 27.1 Å². The van der Waals surface area contributed by atoms with Crippen LogP contribution in [-0.2, 0) is 16.4 Å². The Balaban J connectivity index is 2.38. The molecule has 1 aliphatic rings. The second-order valence-electron chi connectivity index (χ2n) is 4.61. The van der Waals surface area contributed by atoms with E-state index in [1.807, 2.05) is 30.0 Å². The van der Waals surface area contributed by atoms with Crippen LogP contribution in [-0.4, -0.2) is 32.5 Å². The predicted molar refractivity (Wildman–Crippen MR) is 74.8 cm³/mol. The second kappa shape index (κ2) is 5.07. The van der Waals surface area contributed by atoms with Gasteiger partial charge < -0.3 is 10.6 Å². The highest BCUT2D eigenvalue weighted by molar-refractivity contribution is 7.91. The van der Waals surface area contributed by atoms with E-state index in [4.69, 9.17) is 17.3 Å². The average Bonchev–Trinajstić information content (AvgIpc) is 2.29. The Morgan fingerprint density at radius 3 is 2.83 bits per heavy atom. The summed E-state index contributed by atoms with van der Waals surface area (Å²) >= 11 is 6.23. The number of nitrogens with zero attached hydrogens (tertiary/aromatic N) is 1. The fourth-order valence-electron chi connectivity index (χ4n) is 2.38. The van der Waals surface area contributed by atoms with Crippen LogP contribution < -0.4 is 10.6 Å². The zero-order valence-electron chi connectivity index (χ0n) is 10.3. The molecule has 1 aromatic carbocycles. The third kappa shape index (κ3) is 2.63. The van der Waals surface area contributed by atoms with Crippen LogP contribution in [0.1, 0.15) is 12.5 Å². The Hall–Kier alpha value is -0.780. The largest absolute Gasteiger partial charge is 0.365 e. The first-order chi connectivity index (χ1) is 8.44. The monoisotopic (exact) mass is 288 g/mol. The van der Waals surface area contributed by atoms with Crippen LogP contribution in [0, 0.1) is 0 Å². The van der Waals surface area contributed by atoms with Crippen molar-refractivity contribution in [2.45, 2.75) is 19.5 Å². The molecule has 1 fully saturated rings. The lowest BCUT2D eigenvalue weighted by Gasteiger charge is -2.36. The Morgan fingerprint density at radius 1 is 1.50 bits per heavy atom. The summed E-state index contributed by atoms with van der Waals surface area (Å²) in [5, 5.41) is 0.629. The molecule has 100 valence electrons. The first kappa shape index (κ1) is 13.6. The number of nitrogens with two attached hydrogens (primary N) is 1. The van der Waals surface area contributed by atoms with Gasteiger partial charge in [-0.2, -0.15) is 0 Å². The van der Waals surface area contributed by atoms with Crippen molar-refractivity contribution in [1.29, 1.82) is 0 Å². The first-order valence-corrected chi connectivity index (χ1v) is 8.09. The molecule has 4 nitrogen and oxygen atoms in total. The van der Waals surface area contributed by atoms with E-state index in [0.29, 0.717) is 18.1 Å². The van der Waals surface area contributed by atoms with Gasteiger partial charge in [0, 0.05) is 19.1 Å². The molecule has 0 amide bonds. The standard InChI is InChI=1S/C12H17ClN2O2S/c1-9-8-18(16,17)6-5-15(9)12-10(7-14)3-2-4-11(12)13/h2-4,9H,5-8,14H2,1H3. The summed E-state index contributed by atoms with van der Waals surface area (Å²) in [6.07, 6.45) is 0. The third-order valence-corrected chi connectivity index (χ3v) is 5.35. The number of para-hydroxylation sites is 1. The Morgan fingerprint density at radius 2 is 2.22 bits per heavy atom. The maximum atomic E-state index is 11.6. The van der Waals surface area contributed by atoms with Crippen molar-refractivity contribution in [3.63, 3.8) is 0 Å². The van der Waals surface area contributed by atoms with E-state index in [1.165, 1.54) is 0 Å². The van der Waals surface area contributed by atoms with Crippen molar-refractivity contribution < 1.29 is 8.42 Å². The highest BCUT2D eigenvalue weighted by Gasteiger charge is 2.30. The molecule has 0 spiro atoms. The fourth-order valence-corrected chi connectivity index (χ4v) is 4.24. The van der Waals surface area contributed by atoms with Gasteiger partial charge in [-0.15, -0.1) is 0 Å². The molecule has 6 heteroatoms. The van der Waals surface area contributed by atoms with Crippen LogP contribution in [0.15, 0.2) is 18.2 Å². The van der Waals surface area contributed by atoms with Crippen molar-refractivity contribution in [2.75, 3.05) is 23.0 Å². The van der Waals surface area contributed by atoms with Crippen molar-refractivity contribution in [3.05, 3.63) is 28.8 Å². The molecule has 18 heavy (non-hydrogen) atoms. The highest BCUT2D eigenvalue weighted by atomic mass is 35.5. The molecule has 1 saturated heterocycles. The predicted octanol–water partition coefficient (Wildman–Crippen LogP) is 1.42. The van der Waals surface area contributed by atoms with E-state index in [0.717, 1.165) is 11.3 Å². The van der Waals surface area contributed by atoms with Crippen LogP contribution in [0.25, 0.3) is 0 Å². The van der Waals surface area contributed by atoms with Gasteiger partial charge in [-0.05, 0) is 18.6 Å². The van der Waals surface area contributed by atoms with Gasteiger partial charge in [0.05, 0.1) is 22.2 Å². The van der Waals surface area contributed by atoms with Gasteiger partial charge in [-0.1, -0.05) is 23.7 Å². The Kier molecular flexibility index (Phi) is 3.84. The molecule has 1 aromatic rings. The first-order valence-electron chi connectivity index (χ1n) is 5.89. The summed E-state index contributed by atoms with van der Waals surface area (Å²) in [5.41, 5.74) is 7.55. The van der Waals surface area contributed by atoms with E-state index in [1.54, 1.807) is 0 Å². The summed E-state index contributed by atoms with van der Waals surface area (Å²) in [6.45, 7) is 2.77. The molecule has 1 aliphatic heterocycles. The van der Waals surface area contributed by atoms with Gasteiger partial charge in [0.25, 0.3) is 0 Å². The summed E-state index contributed by atoms with van der Waals surface area (Å²) in [5.74, 6) is 0.342. The minimum Gasteiger partial charge on any atom is -0.365 e. The van der Waals surface area contributed by atoms with E-state index < -0.39 is 9.84 Å². The molecule has 0 bridgehead atoms. The molecule has 0 aliphatic carbocycles. The quantitative estimate of drug-likeness (QED) is 0.894. The smallest absolute Gasteiger partial charge is 0.154 e. The lowest BCUT2D eigenvalue weighted by molar-refractivity contribution is 0.568. The number of halogens is 1. The van der Waals surface area contributed by atoms with E-state index in [-0.39, 0.29) is 17.5 Å². The van der Waals surface area contributed by atoms with Crippen LogP contribution >= 0.6 is 11.6 Å². The summed E-state index contributed by atoms with van der Waals surface area (Å²) in [6, 6.07) is 5.52. The van der Waals surface area contributed by atoms with Crippen LogP contribution in [0.5, 0.6) is 0 Å². The van der Waals surface area contributed by atoms with E-state index >= 15 is 0 Å². The van der Waals surface area contributed by atoms with E-state index in [2.05, 4.69) is 0 Å². The number of hydrogen-bond acceptors (Lipinski definition) is 4. The van der Waals surface area contributed by atoms with Crippen molar-refractivity contribution in [1.82, 2.24) is 0 Å². The minimum absolute atomic E-state index is 0.0750. The molecule has 1 heterocycles. The average molecular weight is 289 g/mol. The molecular formula is C12H17ClN2O2S. The summed E-state index contributed by atoms with van der Waals surface area (Å²) in [4.78, 5) is 2.05. The lowest BCUT2D eigenvalue weighted by Crippen LogP contribution is -2.47. The topological polar surface area (TPSA) is 63.4 Å². The van der Waals surface area contributed by atoms with Crippen LogP contribution in [0.2, 0.25) is 5.02 Å². The molecule has 0 radical (unpaired) electrons. The second-order valence-corrected chi connectivity index (χ2v) is 7.24. The lowest BCUT2D eigenvalue weighted by atomic mass is 10.1. The molecule has 2 N–H and O–H groups in total. The van der Waals surface area contributed by atoms with Crippen LogP contribution in [0.3, 0.4) is 0 Å². The van der Waals surface area contributed by atoms with E-state index in [9.17, 15) is 8.42 Å². The third-order valence-electron chi connectivity index (χ3n) is 3.25. The number of rotatable bonds is 2. The molecule has 1 atom stereocenters. The fraction of sp³-hybridized carbons (Fsp3) is 0.500.